The van der Waals surface area contributed by atoms with Crippen LogP contribution in [0.1, 0.15) is 54.7 Å². The molecular formula is C25H29N5O. The van der Waals surface area contributed by atoms with Gasteiger partial charge in [-0.3, -0.25) is 9.78 Å². The Morgan fingerprint density at radius 3 is 2.52 bits per heavy atom. The summed E-state index contributed by atoms with van der Waals surface area (Å²) in [6, 6.07) is 13.8. The van der Waals surface area contributed by atoms with Gasteiger partial charge in [0, 0.05) is 48.0 Å². The van der Waals surface area contributed by atoms with Gasteiger partial charge in [-0.2, -0.15) is 0 Å². The number of amides is 1. The third kappa shape index (κ3) is 4.38. The van der Waals surface area contributed by atoms with E-state index in [1.165, 1.54) is 5.56 Å². The lowest BCUT2D eigenvalue weighted by Gasteiger charge is -2.37. The molecule has 0 saturated carbocycles. The van der Waals surface area contributed by atoms with Gasteiger partial charge in [0.25, 0.3) is 5.91 Å². The van der Waals surface area contributed by atoms with E-state index in [0.717, 1.165) is 23.4 Å². The molecule has 3 heterocycles. The zero-order chi connectivity index (χ0) is 22.0. The molecule has 1 unspecified atom stereocenters. The molecule has 2 aromatic heterocycles. The van der Waals surface area contributed by atoms with Crippen molar-refractivity contribution < 1.29 is 4.79 Å². The molecule has 0 aliphatic carbocycles. The number of aliphatic imine (C=N–C) groups is 1. The monoisotopic (exact) mass is 415 g/mol. The van der Waals surface area contributed by atoms with Crippen LogP contribution < -0.4 is 10.2 Å². The summed E-state index contributed by atoms with van der Waals surface area (Å²) < 4.78 is 2.24. The number of pyridine rings is 1. The number of aromatic nitrogens is 2. The van der Waals surface area contributed by atoms with E-state index in [2.05, 4.69) is 64.7 Å². The van der Waals surface area contributed by atoms with Crippen molar-refractivity contribution in [2.75, 3.05) is 4.90 Å². The van der Waals surface area contributed by atoms with Gasteiger partial charge in [-0.1, -0.05) is 25.1 Å². The summed E-state index contributed by atoms with van der Waals surface area (Å²) in [4.78, 5) is 24.1. The number of nitrogens with zero attached hydrogens (tertiary/aromatic N) is 4. The number of benzene rings is 1. The average molecular weight is 416 g/mol. The van der Waals surface area contributed by atoms with Crippen molar-refractivity contribution in [1.82, 2.24) is 14.9 Å². The average Bonchev–Trinajstić information content (AvgIpc) is 3.21. The van der Waals surface area contributed by atoms with Gasteiger partial charge in [-0.25, -0.2) is 4.99 Å². The van der Waals surface area contributed by atoms with Gasteiger partial charge in [0.15, 0.2) is 6.29 Å². The molecule has 0 fully saturated rings. The molecule has 0 bridgehead atoms. The van der Waals surface area contributed by atoms with E-state index in [1.54, 1.807) is 6.20 Å². The summed E-state index contributed by atoms with van der Waals surface area (Å²) in [7, 11) is 0. The molecule has 0 spiro atoms. The van der Waals surface area contributed by atoms with Crippen LogP contribution in [0.25, 0.3) is 0 Å². The molecule has 6 nitrogen and oxygen atoms in total. The van der Waals surface area contributed by atoms with Crippen LogP contribution in [-0.2, 0) is 18.5 Å². The Morgan fingerprint density at radius 1 is 1.10 bits per heavy atom. The maximum absolute atomic E-state index is 13.0. The standard InChI is InChI=1S/C25H29N5O/c1-5-18-8-10-20(11-9-18)22(31)28-24-27-16-21-12-14-30(25(2,3)4)23(21)29(24)17-19-7-6-13-26-15-19/h6-16,24H,5,17H2,1-4H3,(H,28,31). The zero-order valence-corrected chi connectivity index (χ0v) is 18.5. The molecule has 0 radical (unpaired) electrons. The Kier molecular flexibility index (Phi) is 5.63. The molecule has 1 aromatic carbocycles. The number of aryl methyl sites for hydroxylation is 1. The fourth-order valence-electron chi connectivity index (χ4n) is 3.79. The van der Waals surface area contributed by atoms with Crippen LogP contribution in [0.4, 0.5) is 5.82 Å². The maximum atomic E-state index is 13.0. The highest BCUT2D eigenvalue weighted by atomic mass is 16.2. The van der Waals surface area contributed by atoms with Gasteiger partial charge < -0.3 is 14.8 Å². The Hall–Kier alpha value is -3.41. The normalized spacial score (nSPS) is 15.6. The molecule has 1 atom stereocenters. The second kappa shape index (κ2) is 8.38. The van der Waals surface area contributed by atoms with Crippen LogP contribution in [-0.4, -0.2) is 28.0 Å². The van der Waals surface area contributed by atoms with Crippen molar-refractivity contribution in [3.05, 3.63) is 83.3 Å². The highest BCUT2D eigenvalue weighted by molar-refractivity contribution is 5.95. The lowest BCUT2D eigenvalue weighted by atomic mass is 10.1. The van der Waals surface area contributed by atoms with Gasteiger partial charge in [0.1, 0.15) is 5.82 Å². The lowest BCUT2D eigenvalue weighted by molar-refractivity contribution is 0.0936. The number of hydrogen-bond donors (Lipinski definition) is 1. The predicted octanol–water partition coefficient (Wildman–Crippen LogP) is 4.35. The Bertz CT molecular complexity index is 1080. The van der Waals surface area contributed by atoms with Gasteiger partial charge >= 0.3 is 0 Å². The minimum Gasteiger partial charge on any atom is -0.329 e. The quantitative estimate of drug-likeness (QED) is 0.674. The molecule has 4 rings (SSSR count). The highest BCUT2D eigenvalue weighted by Crippen LogP contribution is 2.33. The van der Waals surface area contributed by atoms with Crippen LogP contribution in [0.15, 0.2) is 66.0 Å². The predicted molar refractivity (Wildman–Crippen MR) is 125 cm³/mol. The van der Waals surface area contributed by atoms with E-state index >= 15 is 0 Å². The topological polar surface area (TPSA) is 62.5 Å². The van der Waals surface area contributed by atoms with Crippen LogP contribution in [0.5, 0.6) is 0 Å². The zero-order valence-electron chi connectivity index (χ0n) is 18.5. The van der Waals surface area contributed by atoms with E-state index in [4.69, 9.17) is 0 Å². The van der Waals surface area contributed by atoms with Crippen molar-refractivity contribution in [2.45, 2.75) is 52.5 Å². The first-order valence-electron chi connectivity index (χ1n) is 10.7. The summed E-state index contributed by atoms with van der Waals surface area (Å²) in [6.45, 7) is 9.19. The van der Waals surface area contributed by atoms with Crippen LogP contribution in [0, 0.1) is 0 Å². The Labute approximate surface area is 183 Å². The number of nitrogens with one attached hydrogen (secondary N) is 1. The fourth-order valence-corrected chi connectivity index (χ4v) is 3.79. The van der Waals surface area contributed by atoms with E-state index in [1.807, 2.05) is 48.8 Å². The van der Waals surface area contributed by atoms with Gasteiger partial charge in [0.05, 0.1) is 0 Å². The van der Waals surface area contributed by atoms with Crippen molar-refractivity contribution in [3.8, 4) is 0 Å². The second-order valence-electron chi connectivity index (χ2n) is 8.80. The van der Waals surface area contributed by atoms with Crippen LogP contribution in [0.2, 0.25) is 0 Å². The summed E-state index contributed by atoms with van der Waals surface area (Å²) in [5.41, 5.74) is 3.82. The molecule has 1 N–H and O–H groups in total. The van der Waals surface area contributed by atoms with Crippen molar-refractivity contribution in [1.29, 1.82) is 0 Å². The molecule has 0 saturated heterocycles. The van der Waals surface area contributed by atoms with Gasteiger partial charge in [0.2, 0.25) is 0 Å². The van der Waals surface area contributed by atoms with Crippen molar-refractivity contribution >= 4 is 17.9 Å². The number of fused-ring (bicyclic) bond motifs is 1. The van der Waals surface area contributed by atoms with Crippen LogP contribution >= 0.6 is 0 Å². The number of rotatable bonds is 5. The summed E-state index contributed by atoms with van der Waals surface area (Å²) in [5.74, 6) is 0.899. The van der Waals surface area contributed by atoms with Crippen molar-refractivity contribution in [3.63, 3.8) is 0 Å². The number of carbonyl (C=O) groups is 1. The molecule has 6 heteroatoms. The lowest BCUT2D eigenvalue weighted by Crippen LogP contribution is -2.50. The summed E-state index contributed by atoms with van der Waals surface area (Å²) in [6.07, 6.45) is 7.98. The van der Waals surface area contributed by atoms with Crippen molar-refractivity contribution in [2.24, 2.45) is 4.99 Å². The molecule has 1 aliphatic heterocycles. The minimum atomic E-state index is -0.512. The largest absolute Gasteiger partial charge is 0.329 e. The molecule has 1 amide bonds. The first-order valence-corrected chi connectivity index (χ1v) is 10.7. The molecule has 1 aliphatic rings. The SMILES string of the molecule is CCc1ccc(C(=O)NC2N=Cc3ccn(C(C)(C)C)c3N2Cc2cccnc2)cc1. The Balaban J connectivity index is 1.67. The smallest absolute Gasteiger partial charge is 0.254 e. The first kappa shape index (κ1) is 20.8. The third-order valence-electron chi connectivity index (χ3n) is 5.49. The van der Waals surface area contributed by atoms with E-state index < -0.39 is 6.29 Å². The fraction of sp³-hybridized carbons (Fsp3) is 0.320. The molecular weight excluding hydrogens is 386 g/mol. The van der Waals surface area contributed by atoms with Gasteiger partial charge in [-0.15, -0.1) is 0 Å². The highest BCUT2D eigenvalue weighted by Gasteiger charge is 2.31. The molecule has 3 aromatic rings. The summed E-state index contributed by atoms with van der Waals surface area (Å²) >= 11 is 0. The Morgan fingerprint density at radius 2 is 1.87 bits per heavy atom. The van der Waals surface area contributed by atoms with E-state index in [9.17, 15) is 4.79 Å². The van der Waals surface area contributed by atoms with Gasteiger partial charge in [-0.05, 0) is 62.6 Å². The maximum Gasteiger partial charge on any atom is 0.254 e. The third-order valence-corrected chi connectivity index (χ3v) is 5.49. The van der Waals surface area contributed by atoms with E-state index in [-0.39, 0.29) is 11.4 Å². The minimum absolute atomic E-state index is 0.115. The number of hydrogen-bond acceptors (Lipinski definition) is 4. The number of anilines is 1. The summed E-state index contributed by atoms with van der Waals surface area (Å²) in [5, 5.41) is 3.11. The van der Waals surface area contributed by atoms with Crippen LogP contribution in [0.3, 0.4) is 0 Å². The first-order chi connectivity index (χ1) is 14.9. The second-order valence-corrected chi connectivity index (χ2v) is 8.80. The molecule has 31 heavy (non-hydrogen) atoms. The number of carbonyl (C=O) groups excluding carboxylic acids is 1. The van der Waals surface area contributed by atoms with E-state index in [0.29, 0.717) is 12.1 Å². The molecule has 160 valence electrons.